The highest BCUT2D eigenvalue weighted by Crippen LogP contribution is 2.39. The minimum absolute atomic E-state index is 0.193. The van der Waals surface area contributed by atoms with Gasteiger partial charge in [0.25, 0.3) is 5.91 Å². The number of hydrogen-bond donors (Lipinski definition) is 2. The van der Waals surface area contributed by atoms with Crippen molar-refractivity contribution < 1.29 is 9.21 Å². The van der Waals surface area contributed by atoms with E-state index < -0.39 is 0 Å². The lowest BCUT2D eigenvalue weighted by molar-refractivity contribution is 0.0964. The number of hydrogen-bond acceptors (Lipinski definition) is 5. The summed E-state index contributed by atoms with van der Waals surface area (Å²) in [5, 5.41) is 3.41. The fourth-order valence-electron chi connectivity index (χ4n) is 4.67. The third-order valence-electron chi connectivity index (χ3n) is 6.33. The Labute approximate surface area is 204 Å². The second kappa shape index (κ2) is 8.57. The number of allylic oxidation sites excluding steroid dienone is 1. The van der Waals surface area contributed by atoms with Gasteiger partial charge in [0, 0.05) is 43.4 Å². The topological polar surface area (TPSA) is 63.3 Å². The number of amides is 1. The van der Waals surface area contributed by atoms with Crippen LogP contribution in [-0.4, -0.2) is 29.6 Å². The van der Waals surface area contributed by atoms with Crippen LogP contribution in [-0.2, 0) is 13.0 Å². The maximum absolute atomic E-state index is 12.4. The Morgan fingerprint density at radius 3 is 2.85 bits per heavy atom. The fraction of sp³-hybridized carbons (Fsp3) is 0.185. The molecule has 172 valence electrons. The molecule has 0 radical (unpaired) electrons. The summed E-state index contributed by atoms with van der Waals surface area (Å²) in [4.78, 5) is 17.5. The Morgan fingerprint density at radius 1 is 1.32 bits per heavy atom. The molecule has 1 N–H and O–H groups in total. The lowest BCUT2D eigenvalue weighted by atomic mass is 9.99. The van der Waals surface area contributed by atoms with Crippen LogP contribution >= 0.6 is 12.8 Å². The van der Waals surface area contributed by atoms with E-state index in [9.17, 15) is 4.79 Å². The molecule has 1 aliphatic heterocycles. The molecule has 0 fully saturated rings. The number of carbonyl (C=O) groups is 1. The maximum Gasteiger partial charge on any atom is 0.254 e. The summed E-state index contributed by atoms with van der Waals surface area (Å²) in [5.41, 5.74) is 9.15. The van der Waals surface area contributed by atoms with Crippen molar-refractivity contribution in [2.75, 3.05) is 18.4 Å². The molecule has 4 heterocycles. The standard InChI is InChI=1S/C27H26N4O2S/c1-5-7-22-16(6-2)12-24-26-17(10-11-31(22)24)8-9-21(29-26)19-13-18-20(27(32)28-3)15-33-25(18)14-23(19)30(4)34/h5-9,12-15,34H,2,10-11H2,1,3-4H3,(H,28,32)/b7-5-. The molecule has 34 heavy (non-hydrogen) atoms. The Morgan fingerprint density at radius 2 is 2.15 bits per heavy atom. The largest absolute Gasteiger partial charge is 0.463 e. The summed E-state index contributed by atoms with van der Waals surface area (Å²) >= 11 is 4.56. The maximum atomic E-state index is 12.4. The molecule has 6 nitrogen and oxygen atoms in total. The van der Waals surface area contributed by atoms with Crippen LogP contribution in [0.15, 0.2) is 53.7 Å². The first-order valence-corrected chi connectivity index (χ1v) is 11.6. The van der Waals surface area contributed by atoms with Crippen LogP contribution in [0.4, 0.5) is 5.69 Å². The molecule has 7 heteroatoms. The third-order valence-corrected chi connectivity index (χ3v) is 6.54. The zero-order chi connectivity index (χ0) is 24.0. The Hall–Kier alpha value is -3.71. The van der Waals surface area contributed by atoms with Crippen LogP contribution in [0.3, 0.4) is 0 Å². The highest BCUT2D eigenvalue weighted by atomic mass is 32.1. The third kappa shape index (κ3) is 3.44. The van der Waals surface area contributed by atoms with E-state index in [0.717, 1.165) is 57.9 Å². The molecule has 5 rings (SSSR count). The Kier molecular flexibility index (Phi) is 5.57. The molecule has 0 bridgehead atoms. The van der Waals surface area contributed by atoms with Gasteiger partial charge in [-0.3, -0.25) is 4.79 Å². The molecule has 0 saturated carbocycles. The highest BCUT2D eigenvalue weighted by molar-refractivity contribution is 7.81. The van der Waals surface area contributed by atoms with Gasteiger partial charge in [-0.1, -0.05) is 37.6 Å². The summed E-state index contributed by atoms with van der Waals surface area (Å²) < 4.78 is 9.73. The number of fused-ring (bicyclic) bond motifs is 4. The molecule has 0 unspecified atom stereocenters. The van der Waals surface area contributed by atoms with Crippen molar-refractivity contribution in [1.29, 1.82) is 0 Å². The predicted molar refractivity (Wildman–Crippen MR) is 142 cm³/mol. The van der Waals surface area contributed by atoms with E-state index in [1.165, 1.54) is 11.8 Å². The quantitative estimate of drug-likeness (QED) is 0.360. The molecule has 0 saturated heterocycles. The van der Waals surface area contributed by atoms with Gasteiger partial charge in [0.05, 0.1) is 28.3 Å². The first-order valence-electron chi connectivity index (χ1n) is 11.2. The molecule has 3 aromatic heterocycles. The number of aromatic nitrogens is 2. The van der Waals surface area contributed by atoms with Gasteiger partial charge in [0.1, 0.15) is 11.8 Å². The molecule has 0 aliphatic carbocycles. The number of anilines is 1. The van der Waals surface area contributed by atoms with Crippen molar-refractivity contribution >= 4 is 47.5 Å². The zero-order valence-electron chi connectivity index (χ0n) is 19.4. The van der Waals surface area contributed by atoms with Crippen LogP contribution < -0.4 is 9.62 Å². The fourth-order valence-corrected chi connectivity index (χ4v) is 4.83. The Bertz CT molecular complexity index is 1480. The summed E-state index contributed by atoms with van der Waals surface area (Å²) in [7, 11) is 3.47. The van der Waals surface area contributed by atoms with Crippen LogP contribution in [0.2, 0.25) is 0 Å². The second-order valence-corrected chi connectivity index (χ2v) is 8.90. The Balaban J connectivity index is 1.72. The van der Waals surface area contributed by atoms with E-state index in [1.54, 1.807) is 11.4 Å². The van der Waals surface area contributed by atoms with Gasteiger partial charge in [-0.05, 0) is 48.7 Å². The molecule has 1 aliphatic rings. The number of aryl methyl sites for hydroxylation is 1. The molecule has 1 amide bonds. The van der Waals surface area contributed by atoms with Crippen LogP contribution in [0.1, 0.15) is 34.1 Å². The number of thiol groups is 1. The minimum Gasteiger partial charge on any atom is -0.463 e. The van der Waals surface area contributed by atoms with Gasteiger partial charge in [-0.25, -0.2) is 4.98 Å². The van der Waals surface area contributed by atoms with Gasteiger partial charge >= 0.3 is 0 Å². The van der Waals surface area contributed by atoms with Crippen LogP contribution in [0, 0.1) is 0 Å². The van der Waals surface area contributed by atoms with Gasteiger partial charge in [-0.2, -0.15) is 0 Å². The number of furan rings is 1. The van der Waals surface area contributed by atoms with E-state index in [-0.39, 0.29) is 5.91 Å². The van der Waals surface area contributed by atoms with E-state index in [0.29, 0.717) is 11.1 Å². The van der Waals surface area contributed by atoms with Crippen LogP contribution in [0.5, 0.6) is 0 Å². The van der Waals surface area contributed by atoms with Crippen molar-refractivity contribution in [2.45, 2.75) is 19.9 Å². The predicted octanol–water partition coefficient (Wildman–Crippen LogP) is 5.84. The van der Waals surface area contributed by atoms with Gasteiger partial charge < -0.3 is 18.6 Å². The minimum atomic E-state index is -0.193. The van der Waals surface area contributed by atoms with Crippen molar-refractivity contribution in [3.8, 4) is 22.6 Å². The van der Waals surface area contributed by atoms with Gasteiger partial charge in [-0.15, -0.1) is 0 Å². The number of rotatable bonds is 5. The summed E-state index contributed by atoms with van der Waals surface area (Å²) in [5.74, 6) is -0.193. The van der Waals surface area contributed by atoms with E-state index in [4.69, 9.17) is 9.40 Å². The van der Waals surface area contributed by atoms with E-state index >= 15 is 0 Å². The molecular formula is C27H26N4O2S. The number of carbonyl (C=O) groups excluding carboxylic acids is 1. The molecular weight excluding hydrogens is 444 g/mol. The molecule has 0 spiro atoms. The summed E-state index contributed by atoms with van der Waals surface area (Å²) in [6.45, 7) is 6.92. The number of nitrogens with one attached hydrogen (secondary N) is 1. The molecule has 1 aromatic carbocycles. The zero-order valence-corrected chi connectivity index (χ0v) is 20.3. The average molecular weight is 471 g/mol. The van der Waals surface area contributed by atoms with Gasteiger partial charge in [0.15, 0.2) is 0 Å². The van der Waals surface area contributed by atoms with Gasteiger partial charge in [0.2, 0.25) is 0 Å². The monoisotopic (exact) mass is 470 g/mol. The SMILES string of the molecule is C=Cc1cc2n(c1/C=C\C)CCc1ccc(-c3cc4c(C(=O)NC)coc4cc3N(C)S)nc1-2. The van der Waals surface area contributed by atoms with Crippen LogP contribution in [0.25, 0.3) is 45.8 Å². The normalized spacial score (nSPS) is 12.6. The second-order valence-electron chi connectivity index (χ2n) is 8.30. The highest BCUT2D eigenvalue weighted by Gasteiger charge is 2.24. The molecule has 4 aromatic rings. The smallest absolute Gasteiger partial charge is 0.254 e. The van der Waals surface area contributed by atoms with Crippen molar-refractivity contribution in [2.24, 2.45) is 0 Å². The van der Waals surface area contributed by atoms with Crippen molar-refractivity contribution in [3.63, 3.8) is 0 Å². The molecule has 0 atom stereocenters. The first kappa shape index (κ1) is 22.1. The average Bonchev–Trinajstić information content (AvgIpc) is 3.43. The number of nitrogens with zero attached hydrogens (tertiary/aromatic N) is 3. The lowest BCUT2D eigenvalue weighted by Gasteiger charge is -2.22. The summed E-state index contributed by atoms with van der Waals surface area (Å²) in [6.07, 6.45) is 8.46. The summed E-state index contributed by atoms with van der Waals surface area (Å²) in [6, 6.07) is 10.2. The number of pyridine rings is 1. The van der Waals surface area contributed by atoms with E-state index in [1.807, 2.05) is 44.3 Å². The number of benzene rings is 1. The van der Waals surface area contributed by atoms with Crippen molar-refractivity contribution in [3.05, 3.63) is 71.6 Å². The van der Waals surface area contributed by atoms with E-state index in [2.05, 4.69) is 47.5 Å². The lowest BCUT2D eigenvalue weighted by Crippen LogP contribution is -2.17. The van der Waals surface area contributed by atoms with Crippen molar-refractivity contribution in [1.82, 2.24) is 14.9 Å². The first-order chi connectivity index (χ1) is 16.5.